The van der Waals surface area contributed by atoms with Crippen molar-refractivity contribution in [2.75, 3.05) is 6.54 Å². The van der Waals surface area contributed by atoms with Gasteiger partial charge in [0.25, 0.3) is 0 Å². The van der Waals surface area contributed by atoms with Crippen LogP contribution in [0.4, 0.5) is 26.3 Å². The van der Waals surface area contributed by atoms with Gasteiger partial charge in [-0.3, -0.25) is 10.1 Å². The third-order valence-corrected chi connectivity index (χ3v) is 7.75. The maximum atomic E-state index is 13.2. The lowest BCUT2D eigenvalue weighted by Gasteiger charge is -2.31. The molecule has 1 heterocycles. The first-order valence-corrected chi connectivity index (χ1v) is 13.0. The van der Waals surface area contributed by atoms with Crippen LogP contribution < -0.4 is 16.0 Å². The summed E-state index contributed by atoms with van der Waals surface area (Å²) < 4.78 is 79.2. The van der Waals surface area contributed by atoms with Gasteiger partial charge in [-0.1, -0.05) is 43.0 Å². The summed E-state index contributed by atoms with van der Waals surface area (Å²) in [4.78, 5) is 12.8. The van der Waals surface area contributed by atoms with Gasteiger partial charge in [0.15, 0.2) is 0 Å². The lowest BCUT2D eigenvalue weighted by molar-refractivity contribution is -0.165. The summed E-state index contributed by atoms with van der Waals surface area (Å²) in [6.07, 6.45) is -4.41. The first-order valence-electron chi connectivity index (χ1n) is 13.0. The summed E-state index contributed by atoms with van der Waals surface area (Å²) in [7, 11) is 0. The van der Waals surface area contributed by atoms with E-state index in [2.05, 4.69) is 22.5 Å². The molecule has 0 bridgehead atoms. The minimum Gasteiger partial charge on any atom is -0.385 e. The highest BCUT2D eigenvalue weighted by molar-refractivity contribution is 5.82. The quantitative estimate of drug-likeness (QED) is 0.358. The fourth-order valence-corrected chi connectivity index (χ4v) is 5.48. The number of halogens is 6. The van der Waals surface area contributed by atoms with E-state index in [1.165, 1.54) is 5.56 Å². The van der Waals surface area contributed by atoms with Crippen molar-refractivity contribution in [2.45, 2.75) is 75.4 Å². The Hall–Kier alpha value is -2.75. The number of hydrogen-bond donors (Lipinski definition) is 3. The Morgan fingerprint density at radius 3 is 2.29 bits per heavy atom. The zero-order valence-corrected chi connectivity index (χ0v) is 21.0. The van der Waals surface area contributed by atoms with E-state index in [0.29, 0.717) is 6.54 Å². The fourth-order valence-electron chi connectivity index (χ4n) is 5.48. The molecule has 1 aromatic carbocycles. The Balaban J connectivity index is 1.23. The molecule has 1 saturated carbocycles. The summed E-state index contributed by atoms with van der Waals surface area (Å²) in [5.74, 6) is -2.02. The van der Waals surface area contributed by atoms with Crippen molar-refractivity contribution in [3.05, 3.63) is 71.5 Å². The molecule has 10 heteroatoms. The lowest BCUT2D eigenvalue weighted by atomic mass is 9.85. The minimum absolute atomic E-state index is 0.00547. The van der Waals surface area contributed by atoms with Gasteiger partial charge < -0.3 is 10.6 Å². The van der Waals surface area contributed by atoms with E-state index in [4.69, 9.17) is 0 Å². The van der Waals surface area contributed by atoms with E-state index in [-0.39, 0.29) is 41.2 Å². The maximum absolute atomic E-state index is 13.2. The standard InChI is InChI=1S/C28H33F6N3O/c1-17(20-13-21(27(29,30)31)15-22(14-20)28(32,33)34)35-16-18-7-9-23(10-8-18)36-26(38)25-12-11-24(37-25)19-5-3-2-4-6-19/h2-6,13-14,18,21,23-25,35,37H,1,7-12,15-16H2,(H,36,38)/t18?,21?,23?,24-,25+/m0/s1. The Kier molecular flexibility index (Phi) is 8.59. The van der Waals surface area contributed by atoms with Crippen LogP contribution in [-0.4, -0.2) is 36.9 Å². The first-order chi connectivity index (χ1) is 17.9. The number of carbonyl (C=O) groups excluding carboxylic acids is 1. The Morgan fingerprint density at radius 2 is 1.66 bits per heavy atom. The Labute approximate surface area is 218 Å². The van der Waals surface area contributed by atoms with Crippen molar-refractivity contribution < 1.29 is 31.1 Å². The molecule has 0 radical (unpaired) electrons. The zero-order chi connectivity index (χ0) is 27.5. The molecule has 0 spiro atoms. The lowest BCUT2D eigenvalue weighted by Crippen LogP contribution is -2.47. The van der Waals surface area contributed by atoms with E-state index < -0.39 is 30.3 Å². The molecule has 0 aromatic heterocycles. The van der Waals surface area contributed by atoms with E-state index >= 15 is 0 Å². The normalized spacial score (nSPS) is 28.3. The summed E-state index contributed by atoms with van der Waals surface area (Å²) in [5.41, 5.74) is -0.162. The predicted molar refractivity (Wildman–Crippen MR) is 133 cm³/mol. The second kappa shape index (κ2) is 11.6. The summed E-state index contributed by atoms with van der Waals surface area (Å²) in [6.45, 7) is 4.09. The number of alkyl halides is 6. The topological polar surface area (TPSA) is 53.2 Å². The molecule has 38 heavy (non-hydrogen) atoms. The van der Waals surface area contributed by atoms with Gasteiger partial charge >= 0.3 is 12.4 Å². The van der Waals surface area contributed by atoms with E-state index in [1.807, 2.05) is 30.3 Å². The van der Waals surface area contributed by atoms with E-state index in [0.717, 1.165) is 50.7 Å². The molecule has 1 unspecified atom stereocenters. The fraction of sp³-hybridized carbons (Fsp3) is 0.536. The van der Waals surface area contributed by atoms with Gasteiger partial charge in [0.05, 0.1) is 12.0 Å². The van der Waals surface area contributed by atoms with Crippen LogP contribution in [0.3, 0.4) is 0 Å². The van der Waals surface area contributed by atoms with Crippen molar-refractivity contribution >= 4 is 5.91 Å². The van der Waals surface area contributed by atoms with Crippen molar-refractivity contribution in [1.29, 1.82) is 0 Å². The number of nitrogens with one attached hydrogen (secondary N) is 3. The largest absolute Gasteiger partial charge is 0.412 e. The predicted octanol–water partition coefficient (Wildman–Crippen LogP) is 6.26. The minimum atomic E-state index is -4.83. The molecule has 4 rings (SSSR count). The van der Waals surface area contributed by atoms with E-state index in [9.17, 15) is 31.1 Å². The van der Waals surface area contributed by atoms with E-state index in [1.54, 1.807) is 0 Å². The van der Waals surface area contributed by atoms with Crippen molar-refractivity contribution in [1.82, 2.24) is 16.0 Å². The van der Waals surface area contributed by atoms with Gasteiger partial charge in [0.2, 0.25) is 5.91 Å². The number of allylic oxidation sites excluding steroid dienone is 3. The monoisotopic (exact) mass is 541 g/mol. The maximum Gasteiger partial charge on any atom is 0.412 e. The number of rotatable bonds is 7. The molecular weight excluding hydrogens is 508 g/mol. The van der Waals surface area contributed by atoms with Crippen LogP contribution >= 0.6 is 0 Å². The van der Waals surface area contributed by atoms with Crippen LogP contribution in [0.25, 0.3) is 0 Å². The number of hydrogen-bond acceptors (Lipinski definition) is 3. The Morgan fingerprint density at radius 1 is 0.974 bits per heavy atom. The third kappa shape index (κ3) is 7.21. The molecule has 3 aliphatic rings. The van der Waals surface area contributed by atoms with Crippen LogP contribution in [0.15, 0.2) is 65.9 Å². The van der Waals surface area contributed by atoms with Gasteiger partial charge in [-0.25, -0.2) is 0 Å². The average Bonchev–Trinajstić information content (AvgIpc) is 3.38. The smallest absolute Gasteiger partial charge is 0.385 e. The van der Waals surface area contributed by atoms with Crippen molar-refractivity contribution in [2.24, 2.45) is 11.8 Å². The molecule has 1 amide bonds. The van der Waals surface area contributed by atoms with Gasteiger partial charge in [-0.05, 0) is 68.1 Å². The van der Waals surface area contributed by atoms with Crippen LogP contribution in [0.5, 0.6) is 0 Å². The van der Waals surface area contributed by atoms with Gasteiger partial charge in [0.1, 0.15) is 0 Å². The van der Waals surface area contributed by atoms with Gasteiger partial charge in [0, 0.05) is 29.9 Å². The van der Waals surface area contributed by atoms with Crippen LogP contribution in [-0.2, 0) is 4.79 Å². The van der Waals surface area contributed by atoms with Crippen molar-refractivity contribution in [3.8, 4) is 0 Å². The average molecular weight is 542 g/mol. The second-order valence-electron chi connectivity index (χ2n) is 10.5. The molecule has 1 aliphatic heterocycles. The molecule has 2 aliphatic carbocycles. The molecule has 1 saturated heterocycles. The molecule has 4 nitrogen and oxygen atoms in total. The van der Waals surface area contributed by atoms with Crippen LogP contribution in [0.2, 0.25) is 0 Å². The van der Waals surface area contributed by atoms with Crippen molar-refractivity contribution in [3.63, 3.8) is 0 Å². The summed E-state index contributed by atoms with van der Waals surface area (Å²) in [5, 5.41) is 9.50. The second-order valence-corrected chi connectivity index (χ2v) is 10.5. The van der Waals surface area contributed by atoms with Crippen LogP contribution in [0, 0.1) is 11.8 Å². The highest BCUT2D eigenvalue weighted by Crippen LogP contribution is 2.42. The molecular formula is C28H33F6N3O. The van der Waals surface area contributed by atoms with Gasteiger partial charge in [-0.2, -0.15) is 26.3 Å². The van der Waals surface area contributed by atoms with Crippen LogP contribution in [0.1, 0.15) is 56.6 Å². The summed E-state index contributed by atoms with van der Waals surface area (Å²) in [6, 6.07) is 9.99. The first kappa shape index (κ1) is 28.3. The SMILES string of the molecule is C=C(NCC1CCC(NC(=O)[C@H]2CC[C@@H](c3ccccc3)N2)CC1)C1=CC(C(F)(F)F)CC(C(F)(F)F)=C1. The number of carbonyl (C=O) groups is 1. The number of amides is 1. The third-order valence-electron chi connectivity index (χ3n) is 7.75. The molecule has 208 valence electrons. The summed E-state index contributed by atoms with van der Waals surface area (Å²) >= 11 is 0. The molecule has 2 fully saturated rings. The Bertz CT molecular complexity index is 1050. The number of benzene rings is 1. The van der Waals surface area contributed by atoms with Gasteiger partial charge in [-0.15, -0.1) is 0 Å². The highest BCUT2D eigenvalue weighted by Gasteiger charge is 2.45. The molecule has 3 N–H and O–H groups in total. The molecule has 1 aromatic rings. The molecule has 3 atom stereocenters. The zero-order valence-electron chi connectivity index (χ0n) is 21.0. The highest BCUT2D eigenvalue weighted by atomic mass is 19.4.